The van der Waals surface area contributed by atoms with Crippen molar-refractivity contribution in [2.75, 3.05) is 5.73 Å². The van der Waals surface area contributed by atoms with Crippen LogP contribution < -0.4 is 5.73 Å². The number of rotatable bonds is 1. The van der Waals surface area contributed by atoms with Crippen LogP contribution in [0, 0.1) is 0 Å². The highest BCUT2D eigenvalue weighted by Gasteiger charge is 1.98. The van der Waals surface area contributed by atoms with E-state index in [4.69, 9.17) is 5.73 Å². The molecular weight excluding hydrogens is 188 g/mol. The molecule has 0 atom stereocenters. The number of H-pyrrole nitrogens is 1. The molecule has 0 aromatic carbocycles. The van der Waals surface area contributed by atoms with Gasteiger partial charge in [-0.2, -0.15) is 5.10 Å². The second-order valence-electron chi connectivity index (χ2n) is 2.44. The third-order valence-corrected chi connectivity index (χ3v) is 1.59. The molecule has 0 unspecified atom stereocenters. The lowest BCUT2D eigenvalue weighted by atomic mass is 10.2. The lowest BCUT2D eigenvalue weighted by molar-refractivity contribution is 1.10. The molecule has 0 bridgehead atoms. The molecule has 0 aliphatic carbocycles. The maximum Gasteiger partial charge on any atom is 0.145 e. The van der Waals surface area contributed by atoms with E-state index in [1.165, 1.54) is 0 Å². The first-order chi connectivity index (χ1) is 5.86. The third-order valence-electron chi connectivity index (χ3n) is 1.59. The summed E-state index contributed by atoms with van der Waals surface area (Å²) in [5, 5.41) is 6.64. The number of anilines is 1. The van der Waals surface area contributed by atoms with Gasteiger partial charge in [0.2, 0.25) is 0 Å². The van der Waals surface area contributed by atoms with Crippen LogP contribution in [-0.2, 0) is 0 Å². The minimum Gasteiger partial charge on any atom is -0.382 e. The Hall–Kier alpha value is -1.55. The van der Waals surface area contributed by atoms with E-state index in [1.54, 1.807) is 18.5 Å². The van der Waals surface area contributed by atoms with Gasteiger partial charge in [0.1, 0.15) is 5.82 Å². The van der Waals surface area contributed by atoms with Gasteiger partial charge in [-0.05, 0) is 12.1 Å². The van der Waals surface area contributed by atoms with Crippen molar-refractivity contribution in [2.24, 2.45) is 0 Å². The van der Waals surface area contributed by atoms with Crippen LogP contribution in [0.3, 0.4) is 0 Å². The Balaban J connectivity index is 0.000000845. The second-order valence-corrected chi connectivity index (χ2v) is 2.44. The molecule has 0 aliphatic rings. The van der Waals surface area contributed by atoms with Gasteiger partial charge in [-0.15, -0.1) is 12.4 Å². The normalized spacial score (nSPS) is 9.23. The molecule has 2 rings (SSSR count). The molecule has 68 valence electrons. The number of nitrogens with two attached hydrogens (primary N) is 1. The van der Waals surface area contributed by atoms with Crippen molar-refractivity contribution in [3.63, 3.8) is 0 Å². The lowest BCUT2D eigenvalue weighted by Crippen LogP contribution is -1.81. The van der Waals surface area contributed by atoms with Gasteiger partial charge in [-0.25, -0.2) is 0 Å². The fraction of sp³-hybridized carbons (Fsp3) is 0. The van der Waals surface area contributed by atoms with Gasteiger partial charge in [0.25, 0.3) is 0 Å². The first-order valence-electron chi connectivity index (χ1n) is 3.57. The summed E-state index contributed by atoms with van der Waals surface area (Å²) in [6.07, 6.45) is 3.46. The van der Waals surface area contributed by atoms with E-state index in [-0.39, 0.29) is 12.4 Å². The zero-order valence-electron chi connectivity index (χ0n) is 6.77. The lowest BCUT2D eigenvalue weighted by Gasteiger charge is -1.92. The molecule has 3 N–H and O–H groups in total. The van der Waals surface area contributed by atoms with Gasteiger partial charge < -0.3 is 5.73 Å². The zero-order chi connectivity index (χ0) is 8.39. The largest absolute Gasteiger partial charge is 0.382 e. The molecule has 0 aliphatic heterocycles. The minimum atomic E-state index is 0. The highest BCUT2D eigenvalue weighted by atomic mass is 35.5. The van der Waals surface area contributed by atoms with Gasteiger partial charge in [0, 0.05) is 24.0 Å². The van der Waals surface area contributed by atoms with Crippen LogP contribution in [0.1, 0.15) is 0 Å². The summed E-state index contributed by atoms with van der Waals surface area (Å²) in [5.74, 6) is 0.502. The first-order valence-corrected chi connectivity index (χ1v) is 3.57. The molecule has 2 aromatic rings. The van der Waals surface area contributed by atoms with Gasteiger partial charge in [-0.3, -0.25) is 10.1 Å². The third kappa shape index (κ3) is 1.97. The Labute approximate surface area is 81.6 Å². The van der Waals surface area contributed by atoms with Crippen LogP contribution in [0.2, 0.25) is 0 Å². The number of aromatic nitrogens is 3. The molecule has 0 spiro atoms. The van der Waals surface area contributed by atoms with E-state index in [1.807, 2.05) is 12.1 Å². The highest BCUT2D eigenvalue weighted by Crippen LogP contribution is 2.16. The maximum absolute atomic E-state index is 5.46. The Morgan fingerprint density at radius 1 is 1.23 bits per heavy atom. The summed E-state index contributed by atoms with van der Waals surface area (Å²) >= 11 is 0. The summed E-state index contributed by atoms with van der Waals surface area (Å²) in [4.78, 5) is 3.91. The van der Waals surface area contributed by atoms with Gasteiger partial charge in [0.15, 0.2) is 0 Å². The van der Waals surface area contributed by atoms with Crippen LogP contribution >= 0.6 is 12.4 Å². The molecule has 0 radical (unpaired) electrons. The minimum absolute atomic E-state index is 0. The number of nitrogens with zero attached hydrogens (tertiary/aromatic N) is 2. The summed E-state index contributed by atoms with van der Waals surface area (Å²) in [5.41, 5.74) is 7.41. The van der Waals surface area contributed by atoms with Crippen molar-refractivity contribution >= 4 is 18.2 Å². The van der Waals surface area contributed by atoms with Crippen LogP contribution in [0.4, 0.5) is 5.82 Å². The highest BCUT2D eigenvalue weighted by molar-refractivity contribution is 5.85. The standard InChI is InChI=1S/C8H8N4.ClH/c9-8-5-7(11-12-8)6-1-3-10-4-2-6;/h1-5H,(H3,9,11,12);1H. The Bertz CT molecular complexity index is 371. The summed E-state index contributed by atoms with van der Waals surface area (Å²) in [7, 11) is 0. The average Bonchev–Trinajstić information content (AvgIpc) is 2.54. The predicted octanol–water partition coefficient (Wildman–Crippen LogP) is 1.48. The Kier molecular flexibility index (Phi) is 2.87. The molecule has 0 amide bonds. The summed E-state index contributed by atoms with van der Waals surface area (Å²) < 4.78 is 0. The second kappa shape index (κ2) is 3.91. The number of aromatic amines is 1. The molecule has 13 heavy (non-hydrogen) atoms. The number of hydrogen-bond acceptors (Lipinski definition) is 3. The maximum atomic E-state index is 5.46. The van der Waals surface area contributed by atoms with Crippen molar-refractivity contribution in [3.8, 4) is 11.3 Å². The number of pyridine rings is 1. The SMILES string of the molecule is Cl.Nc1cc(-c2ccncc2)[nH]n1. The van der Waals surface area contributed by atoms with Crippen LogP contribution in [0.5, 0.6) is 0 Å². The van der Waals surface area contributed by atoms with Crippen molar-refractivity contribution in [3.05, 3.63) is 30.6 Å². The topological polar surface area (TPSA) is 67.6 Å². The van der Waals surface area contributed by atoms with Crippen LogP contribution in [0.25, 0.3) is 11.3 Å². The molecule has 0 saturated carbocycles. The number of nitrogens with one attached hydrogen (secondary N) is 1. The van der Waals surface area contributed by atoms with E-state index in [0.29, 0.717) is 5.82 Å². The van der Waals surface area contributed by atoms with Crippen molar-refractivity contribution in [1.82, 2.24) is 15.2 Å². The molecule has 0 fully saturated rings. The van der Waals surface area contributed by atoms with Crippen molar-refractivity contribution in [1.29, 1.82) is 0 Å². The fourth-order valence-corrected chi connectivity index (χ4v) is 1.02. The van der Waals surface area contributed by atoms with Crippen LogP contribution in [0.15, 0.2) is 30.6 Å². The summed E-state index contributed by atoms with van der Waals surface area (Å²) in [6.45, 7) is 0. The van der Waals surface area contributed by atoms with Gasteiger partial charge >= 0.3 is 0 Å². The first kappa shape index (κ1) is 9.54. The monoisotopic (exact) mass is 196 g/mol. The molecular formula is C8H9ClN4. The smallest absolute Gasteiger partial charge is 0.145 e. The number of hydrogen-bond donors (Lipinski definition) is 2. The summed E-state index contributed by atoms with van der Waals surface area (Å²) in [6, 6.07) is 5.58. The quantitative estimate of drug-likeness (QED) is 0.726. The van der Waals surface area contributed by atoms with Crippen molar-refractivity contribution < 1.29 is 0 Å². The Morgan fingerprint density at radius 2 is 1.92 bits per heavy atom. The number of halogens is 1. The Morgan fingerprint density at radius 3 is 2.46 bits per heavy atom. The zero-order valence-corrected chi connectivity index (χ0v) is 7.58. The van der Waals surface area contributed by atoms with Gasteiger partial charge in [0.05, 0.1) is 5.69 Å². The van der Waals surface area contributed by atoms with E-state index in [0.717, 1.165) is 11.3 Å². The van der Waals surface area contributed by atoms with E-state index >= 15 is 0 Å². The van der Waals surface area contributed by atoms with E-state index in [9.17, 15) is 0 Å². The van der Waals surface area contributed by atoms with Gasteiger partial charge in [-0.1, -0.05) is 0 Å². The molecule has 4 nitrogen and oxygen atoms in total. The predicted molar refractivity (Wildman–Crippen MR) is 53.5 cm³/mol. The fourth-order valence-electron chi connectivity index (χ4n) is 1.02. The molecule has 0 saturated heterocycles. The van der Waals surface area contributed by atoms with E-state index in [2.05, 4.69) is 15.2 Å². The molecule has 2 aromatic heterocycles. The van der Waals surface area contributed by atoms with Crippen LogP contribution in [-0.4, -0.2) is 15.2 Å². The average molecular weight is 197 g/mol. The van der Waals surface area contributed by atoms with Crippen molar-refractivity contribution in [2.45, 2.75) is 0 Å². The molecule has 5 heteroatoms. The molecule has 2 heterocycles. The van der Waals surface area contributed by atoms with E-state index < -0.39 is 0 Å². The number of nitrogen functional groups attached to an aromatic ring is 1.